The molecular weight excluding hydrogens is 299 g/mol. The topological polar surface area (TPSA) is 55.1 Å². The third-order valence-corrected chi connectivity index (χ3v) is 6.08. The van der Waals surface area contributed by atoms with Gasteiger partial charge in [-0.15, -0.1) is 11.8 Å². The molecule has 0 aromatic heterocycles. The van der Waals surface area contributed by atoms with Gasteiger partial charge >= 0.3 is 0 Å². The Morgan fingerprint density at radius 2 is 2.00 bits per heavy atom. The van der Waals surface area contributed by atoms with Crippen molar-refractivity contribution in [2.45, 2.75) is 36.6 Å². The van der Waals surface area contributed by atoms with Gasteiger partial charge in [-0.05, 0) is 67.5 Å². The van der Waals surface area contributed by atoms with Gasteiger partial charge < -0.3 is 11.1 Å². The molecular formula is C17H23FN2OS. The molecule has 5 heteroatoms. The molecule has 4 atom stereocenters. The first-order chi connectivity index (χ1) is 10.6. The van der Waals surface area contributed by atoms with E-state index in [9.17, 15) is 9.18 Å². The Morgan fingerprint density at radius 1 is 1.27 bits per heavy atom. The highest BCUT2D eigenvalue weighted by Crippen LogP contribution is 2.47. The second-order valence-corrected chi connectivity index (χ2v) is 7.55. The van der Waals surface area contributed by atoms with Crippen LogP contribution in [0.2, 0.25) is 0 Å². The van der Waals surface area contributed by atoms with Gasteiger partial charge in [0.1, 0.15) is 5.82 Å². The monoisotopic (exact) mass is 322 g/mol. The van der Waals surface area contributed by atoms with Crippen LogP contribution in [0, 0.1) is 23.6 Å². The zero-order chi connectivity index (χ0) is 15.5. The zero-order valence-electron chi connectivity index (χ0n) is 12.6. The van der Waals surface area contributed by atoms with Crippen LogP contribution in [0.15, 0.2) is 29.2 Å². The van der Waals surface area contributed by atoms with Gasteiger partial charge in [0.05, 0.1) is 5.92 Å². The largest absolute Gasteiger partial charge is 0.356 e. The Bertz CT molecular complexity index is 520. The van der Waals surface area contributed by atoms with Crippen LogP contribution in [0.1, 0.15) is 25.7 Å². The molecule has 2 saturated carbocycles. The standard InChI is InChI=1S/C17H23FN2OS/c18-13-4-6-14(7-5-13)22-9-1-8-20-17(21)15-11-2-3-12(10-11)16(15)19/h4-7,11-12,15-16H,1-3,8-10,19H2,(H,20,21). The van der Waals surface area contributed by atoms with Gasteiger partial charge in [0.25, 0.3) is 0 Å². The lowest BCUT2D eigenvalue weighted by Crippen LogP contribution is -2.45. The molecule has 0 heterocycles. The van der Waals surface area contributed by atoms with Gasteiger partial charge in [0.2, 0.25) is 5.91 Å². The molecule has 1 amide bonds. The number of halogens is 1. The lowest BCUT2D eigenvalue weighted by atomic mass is 9.84. The maximum Gasteiger partial charge on any atom is 0.224 e. The average Bonchev–Trinajstić information content (AvgIpc) is 3.09. The molecule has 4 unspecified atom stereocenters. The number of rotatable bonds is 6. The highest BCUT2D eigenvalue weighted by molar-refractivity contribution is 7.99. The third-order valence-electron chi connectivity index (χ3n) is 4.99. The molecule has 1 aromatic carbocycles. The molecule has 0 spiro atoms. The van der Waals surface area contributed by atoms with Crippen molar-refractivity contribution in [1.82, 2.24) is 5.32 Å². The second kappa shape index (κ2) is 7.01. The molecule has 3 rings (SSSR count). The maximum absolute atomic E-state index is 12.8. The maximum atomic E-state index is 12.8. The van der Waals surface area contributed by atoms with Crippen molar-refractivity contribution >= 4 is 17.7 Å². The number of thioether (sulfide) groups is 1. The summed E-state index contributed by atoms with van der Waals surface area (Å²) in [5.74, 6) is 1.95. The van der Waals surface area contributed by atoms with E-state index in [0.29, 0.717) is 18.4 Å². The van der Waals surface area contributed by atoms with Crippen LogP contribution < -0.4 is 11.1 Å². The van der Waals surface area contributed by atoms with E-state index in [4.69, 9.17) is 5.73 Å². The number of amides is 1. The molecule has 2 aliphatic rings. The summed E-state index contributed by atoms with van der Waals surface area (Å²) in [6.45, 7) is 0.688. The van der Waals surface area contributed by atoms with E-state index < -0.39 is 0 Å². The van der Waals surface area contributed by atoms with Crippen molar-refractivity contribution in [3.63, 3.8) is 0 Å². The number of carbonyl (C=O) groups excluding carboxylic acids is 1. The summed E-state index contributed by atoms with van der Waals surface area (Å²) in [7, 11) is 0. The number of carbonyl (C=O) groups is 1. The minimum Gasteiger partial charge on any atom is -0.356 e. The Kier molecular flexibility index (Phi) is 5.03. The molecule has 3 N–H and O–H groups in total. The van der Waals surface area contributed by atoms with Crippen LogP contribution in [0.25, 0.3) is 0 Å². The fourth-order valence-corrected chi connectivity index (χ4v) is 4.70. The van der Waals surface area contributed by atoms with Gasteiger partial charge in [0, 0.05) is 17.5 Å². The third kappa shape index (κ3) is 3.46. The summed E-state index contributed by atoms with van der Waals surface area (Å²) >= 11 is 1.68. The summed E-state index contributed by atoms with van der Waals surface area (Å²) in [6, 6.07) is 6.58. The minimum atomic E-state index is -0.209. The smallest absolute Gasteiger partial charge is 0.224 e. The SMILES string of the molecule is NC1C2CCC(C2)C1C(=O)NCCCSc1ccc(F)cc1. The van der Waals surface area contributed by atoms with Crippen molar-refractivity contribution in [3.8, 4) is 0 Å². The number of fused-ring (bicyclic) bond motifs is 2. The van der Waals surface area contributed by atoms with E-state index >= 15 is 0 Å². The molecule has 22 heavy (non-hydrogen) atoms. The summed E-state index contributed by atoms with van der Waals surface area (Å²) < 4.78 is 12.8. The molecule has 1 aromatic rings. The van der Waals surface area contributed by atoms with Crippen LogP contribution in [0.5, 0.6) is 0 Å². The minimum absolute atomic E-state index is 0.0310. The van der Waals surface area contributed by atoms with Crippen LogP contribution in [-0.4, -0.2) is 24.2 Å². The van der Waals surface area contributed by atoms with E-state index in [-0.39, 0.29) is 23.7 Å². The molecule has 0 saturated heterocycles. The lowest BCUT2D eigenvalue weighted by Gasteiger charge is -2.27. The molecule has 2 bridgehead atoms. The first kappa shape index (κ1) is 15.8. The van der Waals surface area contributed by atoms with E-state index in [2.05, 4.69) is 5.32 Å². The van der Waals surface area contributed by atoms with Crippen LogP contribution in [0.4, 0.5) is 4.39 Å². The predicted octanol–water partition coefficient (Wildman–Crippen LogP) is 2.80. The number of hydrogen-bond acceptors (Lipinski definition) is 3. The van der Waals surface area contributed by atoms with Gasteiger partial charge in [0.15, 0.2) is 0 Å². The highest BCUT2D eigenvalue weighted by Gasteiger charge is 2.48. The van der Waals surface area contributed by atoms with Crippen LogP contribution in [-0.2, 0) is 4.79 Å². The van der Waals surface area contributed by atoms with Crippen molar-refractivity contribution < 1.29 is 9.18 Å². The zero-order valence-corrected chi connectivity index (χ0v) is 13.4. The molecule has 2 aliphatic carbocycles. The van der Waals surface area contributed by atoms with Crippen molar-refractivity contribution in [1.29, 1.82) is 0 Å². The molecule has 0 radical (unpaired) electrons. The van der Waals surface area contributed by atoms with Crippen molar-refractivity contribution in [3.05, 3.63) is 30.1 Å². The van der Waals surface area contributed by atoms with E-state index in [1.165, 1.54) is 18.6 Å². The fourth-order valence-electron chi connectivity index (χ4n) is 3.85. The van der Waals surface area contributed by atoms with E-state index in [1.54, 1.807) is 23.9 Å². The molecule has 0 aliphatic heterocycles. The number of benzene rings is 1. The van der Waals surface area contributed by atoms with Crippen LogP contribution >= 0.6 is 11.8 Å². The normalized spacial score (nSPS) is 29.7. The first-order valence-corrected chi connectivity index (χ1v) is 9.05. The Hall–Kier alpha value is -1.07. The quantitative estimate of drug-likeness (QED) is 0.625. The van der Waals surface area contributed by atoms with Crippen molar-refractivity contribution in [2.24, 2.45) is 23.5 Å². The average molecular weight is 322 g/mol. The highest BCUT2D eigenvalue weighted by atomic mass is 32.2. The molecule has 3 nitrogen and oxygen atoms in total. The summed E-state index contributed by atoms with van der Waals surface area (Å²) in [5.41, 5.74) is 6.19. The van der Waals surface area contributed by atoms with Gasteiger partial charge in [-0.3, -0.25) is 4.79 Å². The van der Waals surface area contributed by atoms with Crippen LogP contribution in [0.3, 0.4) is 0 Å². The molecule has 2 fully saturated rings. The Balaban J connectivity index is 1.35. The van der Waals surface area contributed by atoms with E-state index in [1.807, 2.05) is 0 Å². The lowest BCUT2D eigenvalue weighted by molar-refractivity contribution is -0.127. The van der Waals surface area contributed by atoms with Crippen molar-refractivity contribution in [2.75, 3.05) is 12.3 Å². The van der Waals surface area contributed by atoms with Gasteiger partial charge in [-0.1, -0.05) is 0 Å². The Morgan fingerprint density at radius 3 is 2.68 bits per heavy atom. The number of hydrogen-bond donors (Lipinski definition) is 2. The first-order valence-electron chi connectivity index (χ1n) is 8.07. The van der Waals surface area contributed by atoms with Gasteiger partial charge in [-0.25, -0.2) is 4.39 Å². The predicted molar refractivity (Wildman–Crippen MR) is 87.0 cm³/mol. The number of nitrogens with two attached hydrogens (primary N) is 1. The summed E-state index contributed by atoms with van der Waals surface area (Å²) in [6.07, 6.45) is 4.41. The summed E-state index contributed by atoms with van der Waals surface area (Å²) in [5, 5.41) is 3.04. The fraction of sp³-hybridized carbons (Fsp3) is 0.588. The summed E-state index contributed by atoms with van der Waals surface area (Å²) in [4.78, 5) is 13.3. The number of nitrogens with one attached hydrogen (secondary N) is 1. The molecule has 120 valence electrons. The Labute approximate surface area is 135 Å². The second-order valence-electron chi connectivity index (χ2n) is 6.38. The van der Waals surface area contributed by atoms with E-state index in [0.717, 1.165) is 29.9 Å². The van der Waals surface area contributed by atoms with Gasteiger partial charge in [-0.2, -0.15) is 0 Å².